The van der Waals surface area contributed by atoms with Gasteiger partial charge in [-0.15, -0.1) is 0 Å². The molecule has 0 bridgehead atoms. The summed E-state index contributed by atoms with van der Waals surface area (Å²) in [4.78, 5) is 28.8. The first-order valence-corrected chi connectivity index (χ1v) is 13.3. The lowest BCUT2D eigenvalue weighted by atomic mass is 9.84. The third kappa shape index (κ3) is 5.70. The Morgan fingerprint density at radius 1 is 0.974 bits per heavy atom. The summed E-state index contributed by atoms with van der Waals surface area (Å²) in [6, 6.07) is 19.4. The van der Waals surface area contributed by atoms with Gasteiger partial charge < -0.3 is 14.6 Å². The van der Waals surface area contributed by atoms with Gasteiger partial charge >= 0.3 is 0 Å². The van der Waals surface area contributed by atoms with Crippen molar-refractivity contribution in [2.45, 2.75) is 66.0 Å². The SMILES string of the molecule is CCOc1cccc(N2C(=O)C(=O)/C(=C(/O)c3cc(C(C)(C)C)ccc3C)C2c2cccc(OC(C)C)c2)c1. The van der Waals surface area contributed by atoms with Crippen LogP contribution in [0.2, 0.25) is 0 Å². The van der Waals surface area contributed by atoms with Crippen LogP contribution >= 0.6 is 0 Å². The Morgan fingerprint density at radius 3 is 2.33 bits per heavy atom. The fourth-order valence-electron chi connectivity index (χ4n) is 4.82. The molecule has 1 atom stereocenters. The molecule has 1 heterocycles. The number of amides is 1. The molecule has 1 unspecified atom stereocenters. The number of ketones is 1. The Labute approximate surface area is 230 Å². The smallest absolute Gasteiger partial charge is 0.300 e. The Balaban J connectivity index is 1.97. The lowest BCUT2D eigenvalue weighted by Gasteiger charge is -2.26. The highest BCUT2D eigenvalue weighted by Gasteiger charge is 2.47. The second kappa shape index (κ2) is 11.0. The topological polar surface area (TPSA) is 76.1 Å². The van der Waals surface area contributed by atoms with Gasteiger partial charge in [0, 0.05) is 17.3 Å². The molecule has 6 nitrogen and oxygen atoms in total. The Kier molecular flexibility index (Phi) is 7.86. The zero-order valence-electron chi connectivity index (χ0n) is 23.7. The summed E-state index contributed by atoms with van der Waals surface area (Å²) in [5, 5.41) is 11.8. The van der Waals surface area contributed by atoms with Crippen LogP contribution in [0.5, 0.6) is 11.5 Å². The normalized spacial score (nSPS) is 17.1. The average Bonchev–Trinajstić information content (AvgIpc) is 3.13. The first-order valence-electron chi connectivity index (χ1n) is 13.3. The maximum absolute atomic E-state index is 13.7. The van der Waals surface area contributed by atoms with E-state index in [0.717, 1.165) is 11.1 Å². The molecule has 1 amide bonds. The van der Waals surface area contributed by atoms with E-state index in [0.29, 0.717) is 34.9 Å². The highest BCUT2D eigenvalue weighted by Crippen LogP contribution is 2.44. The summed E-state index contributed by atoms with van der Waals surface area (Å²) >= 11 is 0. The zero-order valence-corrected chi connectivity index (χ0v) is 23.7. The van der Waals surface area contributed by atoms with E-state index < -0.39 is 17.7 Å². The van der Waals surface area contributed by atoms with E-state index in [-0.39, 0.29) is 22.9 Å². The lowest BCUT2D eigenvalue weighted by Crippen LogP contribution is -2.29. The molecular weight excluding hydrogens is 490 g/mol. The van der Waals surface area contributed by atoms with Gasteiger partial charge in [0.1, 0.15) is 17.3 Å². The summed E-state index contributed by atoms with van der Waals surface area (Å²) in [6.07, 6.45) is -0.0581. The highest BCUT2D eigenvalue weighted by atomic mass is 16.5. The third-order valence-electron chi connectivity index (χ3n) is 6.76. The van der Waals surface area contributed by atoms with Gasteiger partial charge in [0.25, 0.3) is 11.7 Å². The van der Waals surface area contributed by atoms with Gasteiger partial charge in [-0.3, -0.25) is 14.5 Å². The molecule has 0 aromatic heterocycles. The number of ether oxygens (including phenoxy) is 2. The van der Waals surface area contributed by atoms with Crippen LogP contribution in [0.1, 0.15) is 69.8 Å². The van der Waals surface area contributed by atoms with E-state index in [1.807, 2.05) is 70.2 Å². The first-order chi connectivity index (χ1) is 18.4. The Morgan fingerprint density at radius 2 is 1.67 bits per heavy atom. The van der Waals surface area contributed by atoms with Crippen LogP contribution < -0.4 is 14.4 Å². The molecule has 204 valence electrons. The van der Waals surface area contributed by atoms with Gasteiger partial charge in [0.2, 0.25) is 0 Å². The molecule has 1 saturated heterocycles. The van der Waals surface area contributed by atoms with E-state index in [9.17, 15) is 14.7 Å². The average molecular weight is 528 g/mol. The fraction of sp³-hybridized carbons (Fsp3) is 0.333. The number of carbonyl (C=O) groups is 2. The van der Waals surface area contributed by atoms with Gasteiger partial charge in [-0.25, -0.2) is 0 Å². The van der Waals surface area contributed by atoms with Gasteiger partial charge in [-0.2, -0.15) is 0 Å². The maximum Gasteiger partial charge on any atom is 0.300 e. The molecule has 6 heteroatoms. The monoisotopic (exact) mass is 527 g/mol. The van der Waals surface area contributed by atoms with Gasteiger partial charge in [-0.05, 0) is 80.1 Å². The van der Waals surface area contributed by atoms with Gasteiger partial charge in [0.15, 0.2) is 0 Å². The minimum absolute atomic E-state index is 0.0395. The third-order valence-corrected chi connectivity index (χ3v) is 6.76. The predicted molar refractivity (Wildman–Crippen MR) is 154 cm³/mol. The maximum atomic E-state index is 13.7. The minimum atomic E-state index is -0.865. The Bertz CT molecular complexity index is 1430. The van der Waals surface area contributed by atoms with Crippen molar-refractivity contribution in [2.75, 3.05) is 11.5 Å². The minimum Gasteiger partial charge on any atom is -0.507 e. The standard InChI is InChI=1S/C33H37NO5/c1-8-38-25-13-10-12-24(19-25)34-29(22-11-9-14-26(17-22)39-20(2)3)28(31(36)32(34)37)30(35)27-18-23(33(5,6)7)16-15-21(27)4/h9-20,29,35H,8H2,1-7H3/b30-28+. The molecule has 3 aromatic rings. The quantitative estimate of drug-likeness (QED) is 0.201. The summed E-state index contributed by atoms with van der Waals surface area (Å²) in [5.41, 5.74) is 3.37. The number of nitrogens with zero attached hydrogens (tertiary/aromatic N) is 1. The number of aliphatic hydroxyl groups excluding tert-OH is 1. The lowest BCUT2D eigenvalue weighted by molar-refractivity contribution is -0.132. The predicted octanol–water partition coefficient (Wildman–Crippen LogP) is 7.10. The molecule has 4 rings (SSSR count). The number of aryl methyl sites for hydroxylation is 1. The van der Waals surface area contributed by atoms with Crippen LogP contribution in [-0.2, 0) is 15.0 Å². The van der Waals surface area contributed by atoms with E-state index >= 15 is 0 Å². The number of rotatable bonds is 7. The zero-order chi connectivity index (χ0) is 28.5. The van der Waals surface area contributed by atoms with Crippen molar-refractivity contribution in [3.63, 3.8) is 0 Å². The fourth-order valence-corrected chi connectivity index (χ4v) is 4.82. The summed E-state index contributed by atoms with van der Waals surface area (Å²) in [7, 11) is 0. The molecule has 0 aliphatic carbocycles. The van der Waals surface area contributed by atoms with Crippen molar-refractivity contribution in [1.82, 2.24) is 0 Å². The van der Waals surface area contributed by atoms with Gasteiger partial charge in [-0.1, -0.05) is 51.1 Å². The summed E-state index contributed by atoms with van der Waals surface area (Å²) in [6.45, 7) is 14.4. The van der Waals surface area contributed by atoms with Crippen LogP contribution in [0.25, 0.3) is 5.76 Å². The number of anilines is 1. The largest absolute Gasteiger partial charge is 0.507 e. The number of Topliss-reactive ketones (excluding diaryl/α,β-unsaturated/α-hetero) is 1. The Hall–Kier alpha value is -4.06. The molecule has 3 aromatic carbocycles. The van der Waals surface area contributed by atoms with Crippen molar-refractivity contribution >= 4 is 23.1 Å². The number of hydrogen-bond donors (Lipinski definition) is 1. The van der Waals surface area contributed by atoms with Crippen LogP contribution in [0.15, 0.2) is 72.3 Å². The van der Waals surface area contributed by atoms with Crippen LogP contribution in [-0.4, -0.2) is 29.5 Å². The molecule has 1 aliphatic rings. The summed E-state index contributed by atoms with van der Waals surface area (Å²) in [5.74, 6) is -0.450. The number of benzene rings is 3. The molecular formula is C33H37NO5. The first kappa shape index (κ1) is 28.0. The van der Waals surface area contributed by atoms with Crippen molar-refractivity contribution in [1.29, 1.82) is 0 Å². The van der Waals surface area contributed by atoms with Crippen molar-refractivity contribution in [2.24, 2.45) is 0 Å². The second-order valence-corrected chi connectivity index (χ2v) is 11.1. The molecule has 0 saturated carbocycles. The van der Waals surface area contributed by atoms with Crippen molar-refractivity contribution < 1.29 is 24.2 Å². The number of carbonyl (C=O) groups excluding carboxylic acids is 2. The molecule has 0 spiro atoms. The highest BCUT2D eigenvalue weighted by molar-refractivity contribution is 6.51. The summed E-state index contributed by atoms with van der Waals surface area (Å²) < 4.78 is 11.6. The van der Waals surface area contributed by atoms with E-state index in [1.54, 1.807) is 24.3 Å². The molecule has 0 radical (unpaired) electrons. The van der Waals surface area contributed by atoms with Crippen LogP contribution in [0, 0.1) is 6.92 Å². The molecule has 1 aliphatic heterocycles. The number of hydrogen-bond acceptors (Lipinski definition) is 5. The van der Waals surface area contributed by atoms with Gasteiger partial charge in [0.05, 0.1) is 24.3 Å². The number of aliphatic hydroxyl groups is 1. The molecule has 1 fully saturated rings. The van der Waals surface area contributed by atoms with Crippen LogP contribution in [0.3, 0.4) is 0 Å². The van der Waals surface area contributed by atoms with Crippen LogP contribution in [0.4, 0.5) is 5.69 Å². The second-order valence-electron chi connectivity index (χ2n) is 11.1. The molecule has 1 N–H and O–H groups in total. The van der Waals surface area contributed by atoms with E-state index in [4.69, 9.17) is 9.47 Å². The van der Waals surface area contributed by atoms with E-state index in [2.05, 4.69) is 20.8 Å². The molecule has 39 heavy (non-hydrogen) atoms. The van der Waals surface area contributed by atoms with Crippen molar-refractivity contribution in [3.05, 3.63) is 94.6 Å². The van der Waals surface area contributed by atoms with E-state index in [1.165, 1.54) is 4.90 Å². The van der Waals surface area contributed by atoms with Crippen molar-refractivity contribution in [3.8, 4) is 11.5 Å².